The molecule has 0 radical (unpaired) electrons. The number of carbonyl (C=O) groups is 1. The average Bonchev–Trinajstić information content (AvgIpc) is 2.68. The van der Waals surface area contributed by atoms with E-state index in [1.165, 1.54) is 12.1 Å². The molecule has 1 aliphatic rings. The highest BCUT2D eigenvalue weighted by atomic mass is 35.7. The predicted molar refractivity (Wildman–Crippen MR) is 80.1 cm³/mol. The summed E-state index contributed by atoms with van der Waals surface area (Å²) in [5.74, 6) is -0.325. The Balaban J connectivity index is 2.31. The van der Waals surface area contributed by atoms with Gasteiger partial charge in [-0.15, -0.1) is 0 Å². The van der Waals surface area contributed by atoms with E-state index in [4.69, 9.17) is 15.4 Å². The van der Waals surface area contributed by atoms with Crippen molar-refractivity contribution in [3.8, 4) is 0 Å². The van der Waals surface area contributed by atoms with Crippen molar-refractivity contribution >= 4 is 25.6 Å². The van der Waals surface area contributed by atoms with E-state index in [0.717, 1.165) is 0 Å². The van der Waals surface area contributed by atoms with Crippen LogP contribution in [0.4, 0.5) is 0 Å². The summed E-state index contributed by atoms with van der Waals surface area (Å²) in [5, 5.41) is 2.94. The van der Waals surface area contributed by atoms with Crippen molar-refractivity contribution in [2.24, 2.45) is 0 Å². The summed E-state index contributed by atoms with van der Waals surface area (Å²) >= 11 is 0. The van der Waals surface area contributed by atoms with Crippen molar-refractivity contribution in [2.75, 3.05) is 6.61 Å². The number of carbonyl (C=O) groups excluding carboxylic acids is 1. The van der Waals surface area contributed by atoms with Crippen LogP contribution in [-0.4, -0.2) is 32.6 Å². The normalized spacial score (nSPS) is 25.8. The van der Waals surface area contributed by atoms with Gasteiger partial charge in [-0.25, -0.2) is 8.42 Å². The van der Waals surface area contributed by atoms with Crippen molar-refractivity contribution in [1.82, 2.24) is 5.32 Å². The molecule has 1 aromatic rings. The van der Waals surface area contributed by atoms with Crippen LogP contribution < -0.4 is 5.32 Å². The van der Waals surface area contributed by atoms with Crippen LogP contribution in [-0.2, 0) is 13.8 Å². The van der Waals surface area contributed by atoms with E-state index < -0.39 is 14.6 Å². The molecule has 1 aliphatic heterocycles. The van der Waals surface area contributed by atoms with E-state index in [0.29, 0.717) is 24.2 Å². The Bertz CT molecular complexity index is 674. The Labute approximate surface area is 129 Å². The lowest BCUT2D eigenvalue weighted by Gasteiger charge is -2.29. The fourth-order valence-corrected chi connectivity index (χ4v) is 3.10. The first-order chi connectivity index (χ1) is 9.63. The number of ether oxygens (including phenoxy) is 1. The standard InChI is InChI=1S/C14H18ClNO4S/c1-9-4-5-11(21(15,18)19)8-12(9)13(17)16-14(3)6-7-20-10(14)2/h4-5,8,10H,6-7H2,1-3H3,(H,16,17). The van der Waals surface area contributed by atoms with E-state index in [-0.39, 0.29) is 16.9 Å². The molecule has 2 unspecified atom stereocenters. The number of benzene rings is 1. The van der Waals surface area contributed by atoms with E-state index in [9.17, 15) is 13.2 Å². The van der Waals surface area contributed by atoms with Crippen molar-refractivity contribution in [2.45, 2.75) is 43.7 Å². The first-order valence-electron chi connectivity index (χ1n) is 6.63. The molecule has 5 nitrogen and oxygen atoms in total. The van der Waals surface area contributed by atoms with E-state index >= 15 is 0 Å². The monoisotopic (exact) mass is 331 g/mol. The largest absolute Gasteiger partial charge is 0.376 e. The molecule has 1 saturated heterocycles. The Morgan fingerprint density at radius 1 is 1.48 bits per heavy atom. The average molecular weight is 332 g/mol. The molecule has 0 aliphatic carbocycles. The van der Waals surface area contributed by atoms with Gasteiger partial charge >= 0.3 is 0 Å². The molecule has 2 rings (SSSR count). The molecule has 116 valence electrons. The first kappa shape index (κ1) is 16.3. The van der Waals surface area contributed by atoms with Gasteiger partial charge in [-0.3, -0.25) is 4.79 Å². The lowest BCUT2D eigenvalue weighted by molar-refractivity contribution is 0.0727. The van der Waals surface area contributed by atoms with Crippen LogP contribution in [0.1, 0.15) is 36.2 Å². The highest BCUT2D eigenvalue weighted by Gasteiger charge is 2.38. The Morgan fingerprint density at radius 2 is 2.14 bits per heavy atom. The van der Waals surface area contributed by atoms with Gasteiger partial charge in [0.15, 0.2) is 0 Å². The first-order valence-corrected chi connectivity index (χ1v) is 8.94. The summed E-state index contributed by atoms with van der Waals surface area (Å²) in [6, 6.07) is 4.26. The van der Waals surface area contributed by atoms with Gasteiger partial charge in [0.25, 0.3) is 15.0 Å². The number of aryl methyl sites for hydroxylation is 1. The van der Waals surface area contributed by atoms with Gasteiger partial charge < -0.3 is 10.1 Å². The maximum absolute atomic E-state index is 12.4. The van der Waals surface area contributed by atoms with Crippen LogP contribution in [0.2, 0.25) is 0 Å². The van der Waals surface area contributed by atoms with Crippen LogP contribution in [0.15, 0.2) is 23.1 Å². The Morgan fingerprint density at radius 3 is 2.67 bits per heavy atom. The maximum atomic E-state index is 12.4. The summed E-state index contributed by atoms with van der Waals surface area (Å²) in [7, 11) is 1.47. The van der Waals surface area contributed by atoms with Gasteiger partial charge in [0.1, 0.15) is 0 Å². The SMILES string of the molecule is Cc1ccc(S(=O)(=O)Cl)cc1C(=O)NC1(C)CCOC1C. The molecule has 1 amide bonds. The number of hydrogen-bond donors (Lipinski definition) is 1. The minimum atomic E-state index is -3.86. The van der Waals surface area contributed by atoms with Gasteiger partial charge in [0, 0.05) is 22.9 Å². The number of hydrogen-bond acceptors (Lipinski definition) is 4. The van der Waals surface area contributed by atoms with Crippen LogP contribution in [0.3, 0.4) is 0 Å². The number of nitrogens with one attached hydrogen (secondary N) is 1. The molecule has 0 aromatic heterocycles. The molecular formula is C14H18ClNO4S. The Hall–Kier alpha value is -1.11. The molecule has 0 spiro atoms. The second-order valence-electron chi connectivity index (χ2n) is 5.55. The lowest BCUT2D eigenvalue weighted by Crippen LogP contribution is -2.50. The molecule has 1 N–H and O–H groups in total. The molecular weight excluding hydrogens is 314 g/mol. The van der Waals surface area contributed by atoms with Gasteiger partial charge in [0.2, 0.25) is 0 Å². The third kappa shape index (κ3) is 3.39. The maximum Gasteiger partial charge on any atom is 0.261 e. The molecule has 7 heteroatoms. The predicted octanol–water partition coefficient (Wildman–Crippen LogP) is 2.22. The lowest BCUT2D eigenvalue weighted by atomic mass is 9.94. The topological polar surface area (TPSA) is 72.5 Å². The smallest absolute Gasteiger partial charge is 0.261 e. The molecule has 1 aromatic carbocycles. The molecule has 2 atom stereocenters. The fourth-order valence-electron chi connectivity index (χ4n) is 2.32. The number of halogens is 1. The summed E-state index contributed by atoms with van der Waals surface area (Å²) in [5.41, 5.74) is 0.531. The molecule has 0 saturated carbocycles. The molecule has 0 bridgehead atoms. The van der Waals surface area contributed by atoms with E-state index in [1.807, 2.05) is 13.8 Å². The van der Waals surface area contributed by atoms with Gasteiger partial charge in [-0.1, -0.05) is 6.07 Å². The van der Waals surface area contributed by atoms with Crippen LogP contribution in [0.25, 0.3) is 0 Å². The summed E-state index contributed by atoms with van der Waals surface area (Å²) in [6.45, 7) is 6.16. The van der Waals surface area contributed by atoms with Crippen molar-refractivity contribution in [3.05, 3.63) is 29.3 Å². The summed E-state index contributed by atoms with van der Waals surface area (Å²) in [4.78, 5) is 12.4. The zero-order chi connectivity index (χ0) is 15.8. The third-order valence-corrected chi connectivity index (χ3v) is 5.37. The zero-order valence-corrected chi connectivity index (χ0v) is 13.7. The van der Waals surface area contributed by atoms with Crippen molar-refractivity contribution in [1.29, 1.82) is 0 Å². The molecule has 1 fully saturated rings. The minimum Gasteiger partial charge on any atom is -0.376 e. The van der Waals surface area contributed by atoms with Crippen LogP contribution >= 0.6 is 10.7 Å². The van der Waals surface area contributed by atoms with Gasteiger partial charge in [-0.2, -0.15) is 0 Å². The van der Waals surface area contributed by atoms with Gasteiger partial charge in [0.05, 0.1) is 16.5 Å². The number of amides is 1. The van der Waals surface area contributed by atoms with Crippen molar-refractivity contribution < 1.29 is 17.9 Å². The van der Waals surface area contributed by atoms with E-state index in [1.54, 1.807) is 13.0 Å². The quantitative estimate of drug-likeness (QED) is 0.862. The van der Waals surface area contributed by atoms with Gasteiger partial charge in [-0.05, 0) is 44.9 Å². The zero-order valence-electron chi connectivity index (χ0n) is 12.1. The van der Waals surface area contributed by atoms with Crippen LogP contribution in [0, 0.1) is 6.92 Å². The second-order valence-corrected chi connectivity index (χ2v) is 8.12. The highest BCUT2D eigenvalue weighted by Crippen LogP contribution is 2.26. The number of rotatable bonds is 3. The fraction of sp³-hybridized carbons (Fsp3) is 0.500. The minimum absolute atomic E-state index is 0.0826. The Kier molecular flexibility index (Phi) is 4.33. The molecule has 21 heavy (non-hydrogen) atoms. The summed E-state index contributed by atoms with van der Waals surface area (Å²) < 4.78 is 28.3. The van der Waals surface area contributed by atoms with Crippen LogP contribution in [0.5, 0.6) is 0 Å². The van der Waals surface area contributed by atoms with E-state index in [2.05, 4.69) is 5.32 Å². The molecule has 1 heterocycles. The summed E-state index contributed by atoms with van der Waals surface area (Å²) in [6.07, 6.45) is 0.619. The highest BCUT2D eigenvalue weighted by molar-refractivity contribution is 8.13. The van der Waals surface area contributed by atoms with Crippen molar-refractivity contribution in [3.63, 3.8) is 0 Å². The second kappa shape index (κ2) is 5.59. The third-order valence-electron chi connectivity index (χ3n) is 4.02.